The molecule has 4 rings (SSSR count). The lowest BCUT2D eigenvalue weighted by molar-refractivity contribution is 0.838. The van der Waals surface area contributed by atoms with E-state index < -0.39 is 0 Å². The van der Waals surface area contributed by atoms with Gasteiger partial charge in [0, 0.05) is 18.3 Å². The highest BCUT2D eigenvalue weighted by Crippen LogP contribution is 2.38. The molecule has 20 heavy (non-hydrogen) atoms. The zero-order chi connectivity index (χ0) is 13.5. The van der Waals surface area contributed by atoms with Gasteiger partial charge in [0.25, 0.3) is 0 Å². The fourth-order valence-corrected chi connectivity index (χ4v) is 3.11. The van der Waals surface area contributed by atoms with Crippen molar-refractivity contribution in [1.29, 1.82) is 0 Å². The van der Waals surface area contributed by atoms with Crippen molar-refractivity contribution >= 4 is 0 Å². The van der Waals surface area contributed by atoms with Crippen molar-refractivity contribution in [2.45, 2.75) is 19.3 Å². The zero-order valence-corrected chi connectivity index (χ0v) is 11.4. The molecule has 2 heteroatoms. The molecule has 2 nitrogen and oxygen atoms in total. The van der Waals surface area contributed by atoms with Crippen molar-refractivity contribution in [2.24, 2.45) is 0 Å². The van der Waals surface area contributed by atoms with E-state index in [4.69, 9.17) is 0 Å². The minimum Gasteiger partial charge on any atom is -0.348 e. The molecule has 1 aromatic heterocycles. The molecule has 0 bridgehead atoms. The molecular weight excluding hydrogens is 244 g/mol. The Hall–Kier alpha value is -2.35. The van der Waals surface area contributed by atoms with Gasteiger partial charge in [-0.05, 0) is 34.2 Å². The van der Waals surface area contributed by atoms with Crippen LogP contribution >= 0.6 is 0 Å². The number of rotatable bonds is 2. The third-order valence-corrected chi connectivity index (χ3v) is 4.25. The van der Waals surface area contributed by atoms with Gasteiger partial charge in [0.2, 0.25) is 0 Å². The van der Waals surface area contributed by atoms with Gasteiger partial charge in [-0.2, -0.15) is 0 Å². The monoisotopic (exact) mass is 260 g/mol. The molecule has 0 saturated heterocycles. The molecule has 1 N–H and O–H groups in total. The Balaban J connectivity index is 1.75. The smallest absolute Gasteiger partial charge is 0.113 e. The highest BCUT2D eigenvalue weighted by molar-refractivity contribution is 5.77. The summed E-state index contributed by atoms with van der Waals surface area (Å²) in [7, 11) is 0. The van der Waals surface area contributed by atoms with Gasteiger partial charge in [-0.25, -0.2) is 4.98 Å². The summed E-state index contributed by atoms with van der Waals surface area (Å²) in [5, 5.41) is 0. The van der Waals surface area contributed by atoms with Gasteiger partial charge in [0.05, 0.1) is 0 Å². The molecule has 0 aliphatic heterocycles. The number of nitrogens with zero attached hydrogens (tertiary/aromatic N) is 1. The lowest BCUT2D eigenvalue weighted by atomic mass is 9.96. The molecule has 3 aromatic rings. The molecule has 0 spiro atoms. The summed E-state index contributed by atoms with van der Waals surface area (Å²) in [6, 6.07) is 15.5. The molecule has 1 heterocycles. The predicted octanol–water partition coefficient (Wildman–Crippen LogP) is 4.13. The van der Waals surface area contributed by atoms with E-state index in [9.17, 15) is 0 Å². The fraction of sp³-hybridized carbons (Fsp3) is 0.167. The van der Waals surface area contributed by atoms with Crippen LogP contribution in [0.1, 0.15) is 35.4 Å². The number of hydrogen-bond acceptors (Lipinski definition) is 1. The largest absolute Gasteiger partial charge is 0.348 e. The van der Waals surface area contributed by atoms with Crippen LogP contribution in [0.4, 0.5) is 0 Å². The van der Waals surface area contributed by atoms with Crippen molar-refractivity contribution < 1.29 is 0 Å². The molecular formula is C18H16N2. The average Bonchev–Trinajstić information content (AvgIpc) is 3.13. The van der Waals surface area contributed by atoms with E-state index in [1.807, 2.05) is 12.4 Å². The van der Waals surface area contributed by atoms with Crippen LogP contribution < -0.4 is 0 Å². The number of benzene rings is 2. The minimum atomic E-state index is 0.305. The first kappa shape index (κ1) is 11.5. The summed E-state index contributed by atoms with van der Waals surface area (Å²) in [5.41, 5.74) is 6.97. The Kier molecular flexibility index (Phi) is 2.49. The summed E-state index contributed by atoms with van der Waals surface area (Å²) in [5.74, 6) is 1.33. The Morgan fingerprint density at radius 2 is 1.90 bits per heavy atom. The third kappa shape index (κ3) is 1.68. The van der Waals surface area contributed by atoms with E-state index in [-0.39, 0.29) is 0 Å². The first-order valence-corrected chi connectivity index (χ1v) is 7.03. The average molecular weight is 260 g/mol. The maximum absolute atomic E-state index is 4.37. The number of H-pyrrole nitrogens is 1. The molecule has 0 radical (unpaired) electrons. The second kappa shape index (κ2) is 4.34. The standard InChI is InChI=1S/C18H16N2/c1-12(18-19-8-9-20-18)13-6-7-17-15(10-13)11-14-4-2-3-5-16(14)17/h2-10,12H,11H2,1H3,(H,19,20). The van der Waals surface area contributed by atoms with Crippen LogP contribution in [0, 0.1) is 0 Å². The highest BCUT2D eigenvalue weighted by Gasteiger charge is 2.19. The first-order chi connectivity index (χ1) is 9.83. The van der Waals surface area contributed by atoms with Gasteiger partial charge in [-0.3, -0.25) is 0 Å². The maximum atomic E-state index is 4.37. The number of aromatic nitrogens is 2. The second-order valence-electron chi connectivity index (χ2n) is 5.45. The summed E-state index contributed by atoms with van der Waals surface area (Å²) < 4.78 is 0. The zero-order valence-electron chi connectivity index (χ0n) is 11.4. The van der Waals surface area contributed by atoms with Gasteiger partial charge in [0.15, 0.2) is 0 Å². The Labute approximate surface area is 118 Å². The van der Waals surface area contributed by atoms with Gasteiger partial charge >= 0.3 is 0 Å². The third-order valence-electron chi connectivity index (χ3n) is 4.25. The second-order valence-corrected chi connectivity index (χ2v) is 5.45. The van der Waals surface area contributed by atoms with E-state index in [0.29, 0.717) is 5.92 Å². The first-order valence-electron chi connectivity index (χ1n) is 7.03. The molecule has 0 amide bonds. The summed E-state index contributed by atoms with van der Waals surface area (Å²) >= 11 is 0. The van der Waals surface area contributed by atoms with E-state index in [2.05, 4.69) is 59.4 Å². The molecule has 2 aromatic carbocycles. The molecule has 0 saturated carbocycles. The molecule has 98 valence electrons. The molecule has 1 aliphatic rings. The number of fused-ring (bicyclic) bond motifs is 3. The van der Waals surface area contributed by atoms with E-state index in [0.717, 1.165) is 12.2 Å². The quantitative estimate of drug-likeness (QED) is 0.576. The van der Waals surface area contributed by atoms with Crippen molar-refractivity contribution in [1.82, 2.24) is 9.97 Å². The lowest BCUT2D eigenvalue weighted by Crippen LogP contribution is -1.99. The molecule has 1 atom stereocenters. The topological polar surface area (TPSA) is 28.7 Å². The molecule has 1 unspecified atom stereocenters. The van der Waals surface area contributed by atoms with Gasteiger partial charge in [0.1, 0.15) is 5.82 Å². The van der Waals surface area contributed by atoms with Gasteiger partial charge < -0.3 is 4.98 Å². The van der Waals surface area contributed by atoms with E-state index >= 15 is 0 Å². The van der Waals surface area contributed by atoms with Crippen LogP contribution in [0.3, 0.4) is 0 Å². The summed E-state index contributed by atoms with van der Waals surface area (Å²) in [4.78, 5) is 7.58. The molecule has 0 fully saturated rings. The van der Waals surface area contributed by atoms with Crippen molar-refractivity contribution in [2.75, 3.05) is 0 Å². The van der Waals surface area contributed by atoms with Crippen molar-refractivity contribution in [3.63, 3.8) is 0 Å². The number of aromatic amines is 1. The Morgan fingerprint density at radius 1 is 1.05 bits per heavy atom. The Morgan fingerprint density at radius 3 is 2.75 bits per heavy atom. The van der Waals surface area contributed by atoms with Gasteiger partial charge in [-0.15, -0.1) is 0 Å². The number of hydrogen-bond donors (Lipinski definition) is 1. The van der Waals surface area contributed by atoms with Crippen LogP contribution in [0.2, 0.25) is 0 Å². The summed E-state index contributed by atoms with van der Waals surface area (Å²) in [6.45, 7) is 2.20. The van der Waals surface area contributed by atoms with Crippen molar-refractivity contribution in [3.8, 4) is 11.1 Å². The normalized spacial score (nSPS) is 13.8. The number of nitrogens with one attached hydrogen (secondary N) is 1. The Bertz CT molecular complexity index is 757. The van der Waals surface area contributed by atoms with Crippen LogP contribution in [0.25, 0.3) is 11.1 Å². The van der Waals surface area contributed by atoms with Crippen LogP contribution in [0.5, 0.6) is 0 Å². The van der Waals surface area contributed by atoms with Crippen molar-refractivity contribution in [3.05, 3.63) is 77.4 Å². The van der Waals surface area contributed by atoms with E-state index in [1.54, 1.807) is 0 Å². The highest BCUT2D eigenvalue weighted by atomic mass is 14.9. The van der Waals surface area contributed by atoms with Crippen LogP contribution in [-0.4, -0.2) is 9.97 Å². The van der Waals surface area contributed by atoms with Gasteiger partial charge in [-0.1, -0.05) is 49.4 Å². The lowest BCUT2D eigenvalue weighted by Gasteiger charge is -2.11. The maximum Gasteiger partial charge on any atom is 0.113 e. The predicted molar refractivity (Wildman–Crippen MR) is 80.8 cm³/mol. The fourth-order valence-electron chi connectivity index (χ4n) is 3.11. The molecule has 1 aliphatic carbocycles. The summed E-state index contributed by atoms with van der Waals surface area (Å²) in [6.07, 6.45) is 4.74. The van der Waals surface area contributed by atoms with Crippen LogP contribution in [-0.2, 0) is 6.42 Å². The number of imidazole rings is 1. The SMILES string of the molecule is CC(c1ccc2c(c1)Cc1ccccc1-2)c1ncc[nH]1. The van der Waals surface area contributed by atoms with Crippen LogP contribution in [0.15, 0.2) is 54.9 Å². The van der Waals surface area contributed by atoms with E-state index in [1.165, 1.54) is 27.8 Å². The minimum absolute atomic E-state index is 0.305.